The second-order valence-electron chi connectivity index (χ2n) is 7.11. The van der Waals surface area contributed by atoms with E-state index in [9.17, 15) is 0 Å². The fourth-order valence-electron chi connectivity index (χ4n) is 4.00. The van der Waals surface area contributed by atoms with Gasteiger partial charge in [0.15, 0.2) is 0 Å². The average molecular weight is 301 g/mol. The van der Waals surface area contributed by atoms with Crippen LogP contribution in [-0.2, 0) is 0 Å². The summed E-state index contributed by atoms with van der Waals surface area (Å²) in [5, 5.41) is 3.95. The van der Waals surface area contributed by atoms with Crippen molar-refractivity contribution in [2.24, 2.45) is 0 Å². The largest absolute Gasteiger partial charge is 0.490 e. The lowest BCUT2D eigenvalue weighted by Gasteiger charge is -2.33. The third-order valence-corrected chi connectivity index (χ3v) is 5.30. The normalized spacial score (nSPS) is 27.8. The van der Waals surface area contributed by atoms with E-state index in [1.165, 1.54) is 70.6 Å². The fraction of sp³-hybridized carbons (Fsp3) is 0.700. The van der Waals surface area contributed by atoms with Crippen LogP contribution in [0.2, 0.25) is 0 Å². The highest BCUT2D eigenvalue weighted by Crippen LogP contribution is 2.25. The lowest BCUT2D eigenvalue weighted by Crippen LogP contribution is -2.42. The molecular weight excluding hydrogens is 270 g/mol. The standard InChI is InChI=1S/C20H31NO/c1-2-5-9-17(10-6-3-1)21-18-13-15-20(16-14-18)22-19-11-7-4-8-12-19/h4,7-8,11-12,17-18,20-21H,1-3,5-6,9-10,13-16H2. The van der Waals surface area contributed by atoms with Gasteiger partial charge >= 0.3 is 0 Å². The molecular formula is C20H31NO. The van der Waals surface area contributed by atoms with Crippen molar-refractivity contribution in [1.29, 1.82) is 0 Å². The van der Waals surface area contributed by atoms with E-state index >= 15 is 0 Å². The summed E-state index contributed by atoms with van der Waals surface area (Å²) >= 11 is 0. The topological polar surface area (TPSA) is 21.3 Å². The van der Waals surface area contributed by atoms with Gasteiger partial charge in [-0.3, -0.25) is 0 Å². The fourth-order valence-corrected chi connectivity index (χ4v) is 4.00. The van der Waals surface area contributed by atoms with Gasteiger partial charge in [-0.15, -0.1) is 0 Å². The summed E-state index contributed by atoms with van der Waals surface area (Å²) < 4.78 is 6.10. The molecule has 1 N–H and O–H groups in total. The zero-order chi connectivity index (χ0) is 15.0. The molecule has 2 aliphatic carbocycles. The zero-order valence-electron chi connectivity index (χ0n) is 13.8. The van der Waals surface area contributed by atoms with Crippen molar-refractivity contribution >= 4 is 0 Å². The molecule has 0 aliphatic heterocycles. The molecule has 122 valence electrons. The quantitative estimate of drug-likeness (QED) is 0.837. The average Bonchev–Trinajstić information content (AvgIpc) is 2.53. The molecule has 2 nitrogen and oxygen atoms in total. The molecule has 22 heavy (non-hydrogen) atoms. The molecule has 0 atom stereocenters. The summed E-state index contributed by atoms with van der Waals surface area (Å²) in [7, 11) is 0. The van der Waals surface area contributed by atoms with Crippen molar-refractivity contribution in [1.82, 2.24) is 5.32 Å². The number of para-hydroxylation sites is 1. The van der Waals surface area contributed by atoms with Crippen LogP contribution < -0.4 is 10.1 Å². The Labute approximate surface area is 135 Å². The molecule has 1 aromatic carbocycles. The first-order valence-electron chi connectivity index (χ1n) is 9.38. The van der Waals surface area contributed by atoms with Crippen LogP contribution in [0.4, 0.5) is 0 Å². The SMILES string of the molecule is c1ccc(OC2CCC(NC3CCCCCCC3)CC2)cc1. The van der Waals surface area contributed by atoms with Crippen LogP contribution in [0, 0.1) is 0 Å². The van der Waals surface area contributed by atoms with Gasteiger partial charge in [0.05, 0.1) is 6.10 Å². The number of hydrogen-bond donors (Lipinski definition) is 1. The van der Waals surface area contributed by atoms with Crippen molar-refractivity contribution in [2.45, 2.75) is 88.8 Å². The van der Waals surface area contributed by atoms with Crippen molar-refractivity contribution in [3.63, 3.8) is 0 Å². The van der Waals surface area contributed by atoms with E-state index in [4.69, 9.17) is 4.74 Å². The van der Waals surface area contributed by atoms with Crippen LogP contribution >= 0.6 is 0 Å². The Morgan fingerprint density at radius 2 is 1.27 bits per heavy atom. The highest BCUT2D eigenvalue weighted by molar-refractivity contribution is 5.21. The predicted octanol–water partition coefficient (Wildman–Crippen LogP) is 5.08. The van der Waals surface area contributed by atoms with Gasteiger partial charge in [-0.25, -0.2) is 0 Å². The molecule has 0 unspecified atom stereocenters. The molecule has 0 heterocycles. The Morgan fingerprint density at radius 1 is 0.682 bits per heavy atom. The Bertz CT molecular complexity index is 403. The Balaban J connectivity index is 1.39. The molecule has 0 bridgehead atoms. The Hall–Kier alpha value is -1.02. The van der Waals surface area contributed by atoms with Crippen molar-refractivity contribution in [3.8, 4) is 5.75 Å². The molecule has 0 amide bonds. The zero-order valence-corrected chi connectivity index (χ0v) is 13.8. The van der Waals surface area contributed by atoms with E-state index in [0.717, 1.165) is 17.8 Å². The maximum Gasteiger partial charge on any atom is 0.119 e. The lowest BCUT2D eigenvalue weighted by atomic mass is 9.90. The van der Waals surface area contributed by atoms with Gasteiger partial charge in [-0.1, -0.05) is 50.3 Å². The summed E-state index contributed by atoms with van der Waals surface area (Å²) in [4.78, 5) is 0. The summed E-state index contributed by atoms with van der Waals surface area (Å²) in [6.45, 7) is 0. The van der Waals surface area contributed by atoms with Gasteiger partial charge in [-0.05, 0) is 50.7 Å². The van der Waals surface area contributed by atoms with Gasteiger partial charge in [0.25, 0.3) is 0 Å². The van der Waals surface area contributed by atoms with Gasteiger partial charge in [0, 0.05) is 12.1 Å². The number of rotatable bonds is 4. The predicted molar refractivity (Wildman–Crippen MR) is 92.4 cm³/mol. The van der Waals surface area contributed by atoms with Crippen molar-refractivity contribution < 1.29 is 4.74 Å². The summed E-state index contributed by atoms with van der Waals surface area (Å²) in [6, 6.07) is 11.8. The first-order chi connectivity index (χ1) is 10.9. The van der Waals surface area contributed by atoms with E-state index in [0.29, 0.717) is 6.10 Å². The van der Waals surface area contributed by atoms with Crippen molar-refractivity contribution in [2.75, 3.05) is 0 Å². The third-order valence-electron chi connectivity index (χ3n) is 5.30. The van der Waals surface area contributed by atoms with Gasteiger partial charge in [0.1, 0.15) is 5.75 Å². The van der Waals surface area contributed by atoms with Crippen LogP contribution in [0.3, 0.4) is 0 Å². The molecule has 0 radical (unpaired) electrons. The van der Waals surface area contributed by atoms with Crippen LogP contribution in [0.1, 0.15) is 70.6 Å². The monoisotopic (exact) mass is 301 g/mol. The Kier molecular flexibility index (Phi) is 6.18. The van der Waals surface area contributed by atoms with Crippen LogP contribution in [0.25, 0.3) is 0 Å². The van der Waals surface area contributed by atoms with E-state index in [-0.39, 0.29) is 0 Å². The minimum atomic E-state index is 0.415. The second kappa shape index (κ2) is 8.57. The lowest BCUT2D eigenvalue weighted by molar-refractivity contribution is 0.135. The summed E-state index contributed by atoms with van der Waals surface area (Å²) in [5.74, 6) is 1.03. The number of benzene rings is 1. The minimum Gasteiger partial charge on any atom is -0.490 e. The second-order valence-corrected chi connectivity index (χ2v) is 7.11. The summed E-state index contributed by atoms with van der Waals surface area (Å²) in [5.41, 5.74) is 0. The van der Waals surface area contributed by atoms with Gasteiger partial charge in [-0.2, -0.15) is 0 Å². The van der Waals surface area contributed by atoms with Crippen molar-refractivity contribution in [3.05, 3.63) is 30.3 Å². The third kappa shape index (κ3) is 5.01. The highest BCUT2D eigenvalue weighted by atomic mass is 16.5. The molecule has 2 heteroatoms. The maximum absolute atomic E-state index is 6.10. The molecule has 0 saturated heterocycles. The molecule has 2 fully saturated rings. The van der Waals surface area contributed by atoms with Crippen LogP contribution in [-0.4, -0.2) is 18.2 Å². The van der Waals surface area contributed by atoms with Crippen LogP contribution in [0.15, 0.2) is 30.3 Å². The smallest absolute Gasteiger partial charge is 0.119 e. The number of ether oxygens (including phenoxy) is 1. The van der Waals surface area contributed by atoms with E-state index in [1.54, 1.807) is 0 Å². The Morgan fingerprint density at radius 3 is 1.95 bits per heavy atom. The minimum absolute atomic E-state index is 0.415. The first kappa shape index (κ1) is 15.9. The van der Waals surface area contributed by atoms with E-state index in [2.05, 4.69) is 29.6 Å². The summed E-state index contributed by atoms with van der Waals surface area (Å²) in [6.07, 6.45) is 15.3. The van der Waals surface area contributed by atoms with Gasteiger partial charge < -0.3 is 10.1 Å². The van der Waals surface area contributed by atoms with E-state index < -0.39 is 0 Å². The van der Waals surface area contributed by atoms with E-state index in [1.807, 2.05) is 6.07 Å². The first-order valence-corrected chi connectivity index (χ1v) is 9.38. The molecule has 3 rings (SSSR count). The van der Waals surface area contributed by atoms with Crippen LogP contribution in [0.5, 0.6) is 5.75 Å². The molecule has 2 aliphatic rings. The van der Waals surface area contributed by atoms with Gasteiger partial charge in [0.2, 0.25) is 0 Å². The molecule has 2 saturated carbocycles. The molecule has 0 spiro atoms. The highest BCUT2D eigenvalue weighted by Gasteiger charge is 2.24. The number of hydrogen-bond acceptors (Lipinski definition) is 2. The molecule has 1 aromatic rings. The maximum atomic E-state index is 6.10. The number of nitrogens with one attached hydrogen (secondary N) is 1. The molecule has 0 aromatic heterocycles.